The third-order valence-electron chi connectivity index (χ3n) is 4.94. The molecule has 0 bridgehead atoms. The Hall–Kier alpha value is -2.03. The highest BCUT2D eigenvalue weighted by Crippen LogP contribution is 2.31. The number of benzene rings is 1. The monoisotopic (exact) mass is 389 g/mol. The molecule has 7 nitrogen and oxygen atoms in total. The molecule has 0 radical (unpaired) electrons. The lowest BCUT2D eigenvalue weighted by molar-refractivity contribution is -0.0176. The van der Waals surface area contributed by atoms with Crippen LogP contribution in [0.25, 0.3) is 6.08 Å². The summed E-state index contributed by atoms with van der Waals surface area (Å²) < 4.78 is 39.2. The van der Waals surface area contributed by atoms with E-state index < -0.39 is 16.1 Å². The van der Waals surface area contributed by atoms with Crippen LogP contribution in [0.2, 0.25) is 0 Å². The fourth-order valence-corrected chi connectivity index (χ4v) is 4.99. The highest BCUT2D eigenvalue weighted by atomic mass is 32.2. The number of hydrogen-bond acceptors (Lipinski definition) is 6. The SMILES string of the molecule is CC(C)c1nnc([C@@H]2CN(S(=O)(=O)C3=Cc4ccccc4CC3)CCO2)o1. The van der Waals surface area contributed by atoms with E-state index in [-0.39, 0.29) is 12.5 Å². The van der Waals surface area contributed by atoms with E-state index in [1.807, 2.05) is 38.1 Å². The second-order valence-electron chi connectivity index (χ2n) is 7.17. The van der Waals surface area contributed by atoms with Gasteiger partial charge in [0.25, 0.3) is 0 Å². The van der Waals surface area contributed by atoms with Gasteiger partial charge in [0.2, 0.25) is 21.8 Å². The zero-order chi connectivity index (χ0) is 19.0. The quantitative estimate of drug-likeness (QED) is 0.799. The highest BCUT2D eigenvalue weighted by Gasteiger charge is 2.35. The number of fused-ring (bicyclic) bond motifs is 1. The van der Waals surface area contributed by atoms with E-state index in [2.05, 4.69) is 10.2 Å². The molecule has 1 saturated heterocycles. The van der Waals surface area contributed by atoms with E-state index in [1.54, 1.807) is 6.08 Å². The van der Waals surface area contributed by atoms with Gasteiger partial charge in [-0.2, -0.15) is 4.31 Å². The number of aryl methyl sites for hydroxylation is 1. The van der Waals surface area contributed by atoms with Crippen molar-refractivity contribution in [2.75, 3.05) is 19.7 Å². The van der Waals surface area contributed by atoms with E-state index in [9.17, 15) is 8.42 Å². The van der Waals surface area contributed by atoms with Crippen LogP contribution in [0.1, 0.15) is 55.2 Å². The molecule has 0 N–H and O–H groups in total. The maximum absolute atomic E-state index is 13.2. The minimum absolute atomic E-state index is 0.113. The van der Waals surface area contributed by atoms with Gasteiger partial charge in [-0.1, -0.05) is 38.1 Å². The number of nitrogens with zero attached hydrogens (tertiary/aromatic N) is 3. The molecule has 0 unspecified atom stereocenters. The van der Waals surface area contributed by atoms with Crippen LogP contribution in [-0.4, -0.2) is 42.6 Å². The molecule has 1 aliphatic carbocycles. The van der Waals surface area contributed by atoms with Gasteiger partial charge in [-0.25, -0.2) is 8.42 Å². The van der Waals surface area contributed by atoms with Crippen molar-refractivity contribution in [1.29, 1.82) is 0 Å². The van der Waals surface area contributed by atoms with Crippen LogP contribution in [0, 0.1) is 0 Å². The number of ether oxygens (including phenoxy) is 1. The van der Waals surface area contributed by atoms with Crippen LogP contribution in [0.5, 0.6) is 0 Å². The topological polar surface area (TPSA) is 85.5 Å². The third-order valence-corrected chi connectivity index (χ3v) is 6.93. The van der Waals surface area contributed by atoms with Crippen LogP contribution in [0.3, 0.4) is 0 Å². The molecule has 1 atom stereocenters. The summed E-state index contributed by atoms with van der Waals surface area (Å²) in [5.41, 5.74) is 2.16. The number of morpholine rings is 1. The van der Waals surface area contributed by atoms with Crippen LogP contribution >= 0.6 is 0 Å². The first kappa shape index (κ1) is 18.3. The summed E-state index contributed by atoms with van der Waals surface area (Å²) in [7, 11) is -3.55. The van der Waals surface area contributed by atoms with Crippen molar-refractivity contribution in [3.05, 3.63) is 52.1 Å². The summed E-state index contributed by atoms with van der Waals surface area (Å²) in [5, 5.41) is 8.06. The predicted molar refractivity (Wildman–Crippen MR) is 100 cm³/mol. The van der Waals surface area contributed by atoms with Gasteiger partial charge in [-0.15, -0.1) is 10.2 Å². The Morgan fingerprint density at radius 3 is 2.78 bits per heavy atom. The number of rotatable bonds is 4. The van der Waals surface area contributed by atoms with E-state index >= 15 is 0 Å². The highest BCUT2D eigenvalue weighted by molar-refractivity contribution is 7.93. The molecule has 8 heteroatoms. The third kappa shape index (κ3) is 3.56. The molecule has 0 saturated carbocycles. The molecule has 144 valence electrons. The maximum Gasteiger partial charge on any atom is 0.246 e. The van der Waals surface area contributed by atoms with Crippen molar-refractivity contribution in [2.24, 2.45) is 0 Å². The molecule has 0 amide bonds. The Kier molecular flexibility index (Phi) is 4.88. The van der Waals surface area contributed by atoms with Crippen LogP contribution < -0.4 is 0 Å². The van der Waals surface area contributed by atoms with Crippen molar-refractivity contribution in [1.82, 2.24) is 14.5 Å². The van der Waals surface area contributed by atoms with Gasteiger partial charge < -0.3 is 9.15 Å². The Morgan fingerprint density at radius 2 is 2.00 bits per heavy atom. The summed E-state index contributed by atoms with van der Waals surface area (Å²) in [5.74, 6) is 0.976. The lowest BCUT2D eigenvalue weighted by Gasteiger charge is -2.31. The number of aromatic nitrogens is 2. The number of allylic oxidation sites excluding steroid dienone is 1. The lowest BCUT2D eigenvalue weighted by Crippen LogP contribution is -2.43. The molecule has 0 spiro atoms. The Balaban J connectivity index is 1.56. The van der Waals surface area contributed by atoms with Crippen LogP contribution in [-0.2, 0) is 21.2 Å². The van der Waals surface area contributed by atoms with Crippen molar-refractivity contribution < 1.29 is 17.6 Å². The molecule has 1 aliphatic heterocycles. The summed E-state index contributed by atoms with van der Waals surface area (Å²) >= 11 is 0. The lowest BCUT2D eigenvalue weighted by atomic mass is 9.98. The second-order valence-corrected chi connectivity index (χ2v) is 9.16. The van der Waals surface area contributed by atoms with Gasteiger partial charge in [-0.05, 0) is 30.0 Å². The van der Waals surface area contributed by atoms with Gasteiger partial charge in [0.15, 0.2) is 0 Å². The zero-order valence-corrected chi connectivity index (χ0v) is 16.3. The molecule has 4 rings (SSSR count). The summed E-state index contributed by atoms with van der Waals surface area (Å²) in [6.45, 7) is 4.73. The minimum atomic E-state index is -3.55. The van der Waals surface area contributed by atoms with Gasteiger partial charge >= 0.3 is 0 Å². The normalized spacial score (nSPS) is 21.1. The molecule has 2 aliphatic rings. The Morgan fingerprint density at radius 1 is 1.19 bits per heavy atom. The average Bonchev–Trinajstić information content (AvgIpc) is 3.18. The number of sulfonamides is 1. The zero-order valence-electron chi connectivity index (χ0n) is 15.5. The van der Waals surface area contributed by atoms with E-state index in [0.29, 0.717) is 36.3 Å². The van der Waals surface area contributed by atoms with Crippen molar-refractivity contribution in [2.45, 2.75) is 38.7 Å². The molecule has 27 heavy (non-hydrogen) atoms. The Labute approximate surface area is 159 Å². The first-order valence-electron chi connectivity index (χ1n) is 9.18. The van der Waals surface area contributed by atoms with Crippen molar-refractivity contribution in [3.8, 4) is 0 Å². The van der Waals surface area contributed by atoms with Crippen LogP contribution in [0.4, 0.5) is 0 Å². The van der Waals surface area contributed by atoms with Crippen molar-refractivity contribution in [3.63, 3.8) is 0 Å². The molecular weight excluding hydrogens is 366 g/mol. The minimum Gasteiger partial charge on any atom is -0.422 e. The van der Waals surface area contributed by atoms with Gasteiger partial charge in [0.05, 0.1) is 11.5 Å². The van der Waals surface area contributed by atoms with Gasteiger partial charge in [0, 0.05) is 19.0 Å². The van der Waals surface area contributed by atoms with E-state index in [1.165, 1.54) is 9.87 Å². The summed E-state index contributed by atoms with van der Waals surface area (Å²) in [6.07, 6.45) is 2.50. The molecule has 1 aromatic heterocycles. The maximum atomic E-state index is 13.2. The smallest absolute Gasteiger partial charge is 0.246 e. The first-order valence-corrected chi connectivity index (χ1v) is 10.6. The standard InChI is InChI=1S/C19H23N3O4S/c1-13(2)18-20-21-19(26-18)17-12-22(9-10-25-17)27(23,24)16-8-7-14-5-3-4-6-15(14)11-16/h3-6,11,13,17H,7-10,12H2,1-2H3/t17-/m0/s1. The fraction of sp³-hybridized carbons (Fsp3) is 0.474. The molecule has 2 heterocycles. The van der Waals surface area contributed by atoms with E-state index in [4.69, 9.17) is 9.15 Å². The Bertz CT molecular complexity index is 965. The predicted octanol–water partition coefficient (Wildman–Crippen LogP) is 2.88. The van der Waals surface area contributed by atoms with Crippen LogP contribution in [0.15, 0.2) is 33.6 Å². The molecule has 2 aromatic rings. The average molecular weight is 389 g/mol. The largest absolute Gasteiger partial charge is 0.422 e. The number of hydrogen-bond donors (Lipinski definition) is 0. The molecule has 1 aromatic carbocycles. The second kappa shape index (κ2) is 7.18. The fourth-order valence-electron chi connectivity index (χ4n) is 3.38. The van der Waals surface area contributed by atoms with Gasteiger partial charge in [0.1, 0.15) is 6.10 Å². The summed E-state index contributed by atoms with van der Waals surface area (Å²) in [4.78, 5) is 0.454. The van der Waals surface area contributed by atoms with E-state index in [0.717, 1.165) is 12.0 Å². The van der Waals surface area contributed by atoms with Crippen molar-refractivity contribution >= 4 is 16.1 Å². The van der Waals surface area contributed by atoms with Gasteiger partial charge in [-0.3, -0.25) is 0 Å². The molecule has 1 fully saturated rings. The molecular formula is C19H23N3O4S. The first-order chi connectivity index (χ1) is 12.9. The summed E-state index contributed by atoms with van der Waals surface area (Å²) in [6, 6.07) is 7.91.